The first-order valence-corrected chi connectivity index (χ1v) is 47.7. The summed E-state index contributed by atoms with van der Waals surface area (Å²) in [7, 11) is 0. The summed E-state index contributed by atoms with van der Waals surface area (Å²) in [6.07, 6.45) is 20.9. The van der Waals surface area contributed by atoms with Crippen molar-refractivity contribution < 1.29 is 47.6 Å². The fourth-order valence-corrected chi connectivity index (χ4v) is 17.0. The Morgan fingerprint density at radius 2 is 0.779 bits per heavy atom. The summed E-state index contributed by atoms with van der Waals surface area (Å²) in [5.41, 5.74) is 15.3. The van der Waals surface area contributed by atoms with Gasteiger partial charge < -0.3 is 72.4 Å². The van der Waals surface area contributed by atoms with E-state index in [0.717, 1.165) is 138 Å². The lowest BCUT2D eigenvalue weighted by atomic mass is 9.74. The van der Waals surface area contributed by atoms with E-state index in [1.54, 1.807) is 72.8 Å². The van der Waals surface area contributed by atoms with Crippen LogP contribution in [-0.4, -0.2) is 158 Å². The smallest absolute Gasteiger partial charge is 0.272 e. The van der Waals surface area contributed by atoms with E-state index in [9.17, 15) is 37.8 Å². The first-order chi connectivity index (χ1) is 62.6. The van der Waals surface area contributed by atoms with Gasteiger partial charge in [0, 0.05) is 50.6 Å². The predicted octanol–water partition coefficient (Wildman–Crippen LogP) is 21.6. The molecule has 9 aromatic rings. The Hall–Kier alpha value is -8.53. The first kappa shape index (κ1) is 105. The van der Waals surface area contributed by atoms with Crippen molar-refractivity contribution in [3.63, 3.8) is 0 Å². The van der Waals surface area contributed by atoms with Crippen LogP contribution in [0.25, 0.3) is 0 Å². The van der Waals surface area contributed by atoms with Gasteiger partial charge in [0.2, 0.25) is 0 Å². The number of para-hydroxylation sites is 2. The van der Waals surface area contributed by atoms with Gasteiger partial charge in [0.15, 0.2) is 10.2 Å². The summed E-state index contributed by atoms with van der Waals surface area (Å²) in [5, 5.41) is 48.3. The Morgan fingerprint density at radius 1 is 0.427 bits per heavy atom. The van der Waals surface area contributed by atoms with Crippen LogP contribution in [0.4, 0.5) is 24.5 Å². The Bertz CT molecular complexity index is 5290. The topological polar surface area (TPSA) is 229 Å². The van der Waals surface area contributed by atoms with Gasteiger partial charge in [-0.05, 0) is 319 Å². The summed E-state index contributed by atoms with van der Waals surface area (Å²) in [6, 6.07) is 68.1. The highest BCUT2D eigenvalue weighted by molar-refractivity contribution is 7.80. The fraction of sp³-hybridized carbons (Fsp3) is 0.350. The number of nitrogens with one attached hydrogen (secondary N) is 6. The van der Waals surface area contributed by atoms with Crippen molar-refractivity contribution >= 4 is 168 Å². The molecule has 698 valence electrons. The normalized spacial score (nSPS) is 16.8. The van der Waals surface area contributed by atoms with E-state index in [1.807, 2.05) is 121 Å². The highest BCUT2D eigenvalue weighted by atomic mass is 35.6. The van der Waals surface area contributed by atoms with Gasteiger partial charge in [0.1, 0.15) is 40.4 Å². The quantitative estimate of drug-likeness (QED) is 0.00756. The number of carbonyl (C=O) groups is 3. The van der Waals surface area contributed by atoms with Crippen LogP contribution >= 0.6 is 129 Å². The maximum atomic E-state index is 13.6. The van der Waals surface area contributed by atoms with Gasteiger partial charge in [-0.1, -0.05) is 256 Å². The van der Waals surface area contributed by atoms with Gasteiger partial charge in [-0.3, -0.25) is 14.4 Å². The second-order valence-corrected chi connectivity index (χ2v) is 40.9. The Kier molecular flexibility index (Phi) is 40.9. The summed E-state index contributed by atoms with van der Waals surface area (Å²) in [6.45, 7) is 8.91. The maximum Gasteiger partial charge on any atom is 0.272 e. The molecule has 3 unspecified atom stereocenters. The number of nitrogens with zero attached hydrogens (tertiary/aromatic N) is 3. The molecule has 1 saturated heterocycles. The average molecular weight is 2000 g/mol. The number of halogens is 12. The molecular formula is C100H110Cl9F3N10O7S2. The number of hydrogen-bond donors (Lipinski definition) is 10. The third kappa shape index (κ3) is 36.3. The van der Waals surface area contributed by atoms with Crippen molar-refractivity contribution in [2.45, 2.75) is 144 Å². The zero-order valence-electron chi connectivity index (χ0n) is 72.4. The van der Waals surface area contributed by atoms with Crippen molar-refractivity contribution in [1.82, 2.24) is 36.0 Å². The summed E-state index contributed by atoms with van der Waals surface area (Å²) in [4.78, 5) is 44.4. The van der Waals surface area contributed by atoms with Gasteiger partial charge in [0.05, 0.1) is 23.2 Å². The number of amides is 3. The number of anilines is 2. The second kappa shape index (κ2) is 51.2. The van der Waals surface area contributed by atoms with Crippen molar-refractivity contribution in [3.05, 3.63) is 322 Å². The molecule has 11 N–H and O–H groups in total. The lowest BCUT2D eigenvalue weighted by Gasteiger charge is -2.43. The van der Waals surface area contributed by atoms with Crippen molar-refractivity contribution in [2.75, 3.05) is 82.7 Å². The van der Waals surface area contributed by atoms with Crippen LogP contribution < -0.4 is 42.4 Å². The molecule has 131 heavy (non-hydrogen) atoms. The number of alkyl halides is 9. The highest BCUT2D eigenvalue weighted by Gasteiger charge is 2.46. The fourth-order valence-electron chi connectivity index (χ4n) is 16.1. The number of aromatic hydroxyl groups is 3. The van der Waals surface area contributed by atoms with Crippen LogP contribution in [0.3, 0.4) is 0 Å². The Labute approximate surface area is 821 Å². The molecule has 1 heterocycles. The van der Waals surface area contributed by atoms with Gasteiger partial charge in [-0.25, -0.2) is 13.2 Å². The van der Waals surface area contributed by atoms with Crippen LogP contribution in [0.15, 0.2) is 265 Å². The first-order valence-electron chi connectivity index (χ1n) is 43.5. The van der Waals surface area contributed by atoms with E-state index in [0.29, 0.717) is 100 Å². The molecule has 3 amide bonds. The number of likely N-dealkylation sites (tertiary alicyclic amines) is 1. The molecule has 0 aromatic heterocycles. The standard InChI is InChI=1S/C38H44Cl3FN4O2S.C30H29Cl3FN3O2S.C23H24Cl3FN2O2.C9H13NO/c39-38(40,41)35(47)44-37(25-30-15-17-32(42)18-16-30)26-31(27-37)28-46(36(49)43-33-12-3-1-4-13-33)22-8-11-29-10-7-14-34(24-29)48-23-9-21-45-19-5-2-6-20-45;31-30(32,33)27(39)36-29(17-22-11-13-24(34)14-12-22)18-23(19-29)20-37(28(40)35-25-8-2-1-3-9-25)15-5-7-21-6-4-10-26(38)16-21;24-23(25,26)21(31)29-22(12-17-6-8-19(27)9-7-17)13-18(14-22)15-28-10-2-4-16-3-1-5-20(30)11-16;10-6-2-4-8-3-1-5-9(11)7-8/h1,3-4,7,10,12-18,24,26H,2,5-6,8-9,11,19-23,25,27-28H2,(H,43,49)(H,44,47);1-4,6,8-14,16,18,38H,5,7,15,17,19-20H2,(H,35,40)(H,36,39);1,3,5-9,11,13,28,30H,2,4,10,12,14-15H2,(H,29,31);1,3,5,7,11H,2,4,6,10H2. The molecule has 3 aliphatic carbocycles. The second-order valence-electron chi connectivity index (χ2n) is 33.2. The minimum Gasteiger partial charge on any atom is -0.508 e. The zero-order valence-corrected chi connectivity index (χ0v) is 80.9. The Morgan fingerprint density at radius 3 is 1.15 bits per heavy atom. The molecule has 4 aliphatic rings. The molecule has 0 radical (unpaired) electrons. The largest absolute Gasteiger partial charge is 0.508 e. The number of aryl methyl sites for hydroxylation is 4. The van der Waals surface area contributed by atoms with E-state index >= 15 is 0 Å². The van der Waals surface area contributed by atoms with Crippen LogP contribution in [0.2, 0.25) is 0 Å². The number of rotatable bonds is 37. The van der Waals surface area contributed by atoms with Crippen LogP contribution in [0.5, 0.6) is 23.0 Å². The van der Waals surface area contributed by atoms with Gasteiger partial charge >= 0.3 is 0 Å². The van der Waals surface area contributed by atoms with Gasteiger partial charge in [0.25, 0.3) is 29.1 Å². The van der Waals surface area contributed by atoms with E-state index < -0.39 is 45.7 Å². The number of piperidine rings is 1. The zero-order chi connectivity index (χ0) is 94.0. The summed E-state index contributed by atoms with van der Waals surface area (Å²) >= 11 is 64.2. The number of phenolic OH excluding ortho intramolecular Hbond substituents is 3. The Balaban J connectivity index is 0.000000196. The molecule has 31 heteroatoms. The number of ether oxygens (including phenoxy) is 1. The number of carbonyl (C=O) groups excluding carboxylic acids is 3. The van der Waals surface area contributed by atoms with Crippen LogP contribution in [0, 0.1) is 17.5 Å². The third-order valence-corrected chi connectivity index (χ3v) is 24.5. The van der Waals surface area contributed by atoms with Crippen molar-refractivity contribution in [3.8, 4) is 23.0 Å². The third-order valence-electron chi connectivity index (χ3n) is 22.2. The molecule has 3 atom stereocenters. The number of benzene rings is 9. The monoisotopic (exact) mass is 2000 g/mol. The van der Waals surface area contributed by atoms with E-state index in [2.05, 4.69) is 64.8 Å². The maximum absolute atomic E-state index is 13.6. The van der Waals surface area contributed by atoms with Crippen molar-refractivity contribution in [1.29, 1.82) is 0 Å². The van der Waals surface area contributed by atoms with Gasteiger partial charge in [-0.2, -0.15) is 0 Å². The summed E-state index contributed by atoms with van der Waals surface area (Å²) < 4.78 is 40.1. The molecule has 17 nitrogen and oxygen atoms in total. The van der Waals surface area contributed by atoms with Crippen LogP contribution in [-0.2, 0) is 59.3 Å². The minimum absolute atomic E-state index is 0.240. The predicted molar refractivity (Wildman–Crippen MR) is 537 cm³/mol. The van der Waals surface area contributed by atoms with Gasteiger partial charge in [-0.15, -0.1) is 0 Å². The van der Waals surface area contributed by atoms with Crippen molar-refractivity contribution in [2.24, 2.45) is 5.73 Å². The summed E-state index contributed by atoms with van der Waals surface area (Å²) in [5.74, 6) is -1.34. The molecule has 0 saturated carbocycles. The SMILES string of the molecule is NCCCc1cccc(O)c1.O=C(NC1(Cc2ccc(F)cc2)C=C(CN(CCCc2cccc(O)c2)C(=S)Nc2ccccc2)C1)C(Cl)(Cl)Cl.O=C(NC1(Cc2ccc(F)cc2)C=C(CN(CCCc2cccc(OCCCN3CCCCC3)c2)C(=S)Nc2ccccc2)C1)C(Cl)(Cl)Cl.O=C(NC1(Cc2ccc(F)cc2)C=C(CNCCCc2cccc(O)c2)C1)C(Cl)(Cl)Cl. The lowest BCUT2D eigenvalue weighted by molar-refractivity contribution is -0.122. The molecule has 9 aromatic carbocycles. The molecular weight excluding hydrogens is 1890 g/mol. The highest BCUT2D eigenvalue weighted by Crippen LogP contribution is 2.41. The molecule has 1 aliphatic heterocycles. The molecule has 13 rings (SSSR count). The molecule has 0 bridgehead atoms. The molecule has 1 fully saturated rings. The number of phenols is 3. The minimum atomic E-state index is -2.11. The number of hydrogen-bond acceptors (Lipinski definition) is 12. The average Bonchev–Trinajstić information content (AvgIpc) is 0.776. The van der Waals surface area contributed by atoms with E-state index in [-0.39, 0.29) is 29.0 Å². The molecule has 0 spiro atoms. The van der Waals surface area contributed by atoms with E-state index in [1.165, 1.54) is 74.3 Å². The van der Waals surface area contributed by atoms with E-state index in [4.69, 9.17) is 144 Å². The number of thiocarbonyl (C=S) groups is 2. The lowest BCUT2D eigenvalue weighted by Crippen LogP contribution is -2.57. The number of nitrogens with two attached hydrogens (primary N) is 1. The van der Waals surface area contributed by atoms with Crippen LogP contribution in [0.1, 0.15) is 110 Å².